The second kappa shape index (κ2) is 3.34. The molecule has 82 valence electrons. The molecule has 0 atom stereocenters. The normalized spacial score (nSPS) is 13.1. The standard InChI is InChI=1S/C10H9N3O2S/c1-5-2-7-8(15-4-14-7)3-6(5)9-10(11)13-16-12-9/h2-3H,4H2,1H3,(H2,11,13). The molecule has 1 aromatic carbocycles. The maximum absolute atomic E-state index is 5.75. The minimum absolute atomic E-state index is 0.267. The van der Waals surface area contributed by atoms with Gasteiger partial charge in [-0.2, -0.15) is 8.75 Å². The minimum atomic E-state index is 0.267. The van der Waals surface area contributed by atoms with Crippen LogP contribution in [0.15, 0.2) is 12.1 Å². The fourth-order valence-corrected chi connectivity index (χ4v) is 2.17. The van der Waals surface area contributed by atoms with Gasteiger partial charge in [0.15, 0.2) is 17.3 Å². The Labute approximate surface area is 96.1 Å². The topological polar surface area (TPSA) is 70.3 Å². The first-order chi connectivity index (χ1) is 7.75. The van der Waals surface area contributed by atoms with Gasteiger partial charge >= 0.3 is 0 Å². The summed E-state index contributed by atoms with van der Waals surface area (Å²) in [6, 6.07) is 3.82. The molecule has 6 heteroatoms. The highest BCUT2D eigenvalue weighted by Crippen LogP contribution is 2.39. The summed E-state index contributed by atoms with van der Waals surface area (Å²) < 4.78 is 18.8. The molecule has 0 amide bonds. The second-order valence-electron chi connectivity index (χ2n) is 3.52. The number of hydrogen-bond donors (Lipinski definition) is 1. The lowest BCUT2D eigenvalue weighted by Crippen LogP contribution is -1.92. The highest BCUT2D eigenvalue weighted by molar-refractivity contribution is 6.99. The number of ether oxygens (including phenoxy) is 2. The van der Waals surface area contributed by atoms with Crippen molar-refractivity contribution >= 4 is 17.5 Å². The zero-order chi connectivity index (χ0) is 11.1. The molecule has 0 aliphatic carbocycles. The van der Waals surface area contributed by atoms with Crippen LogP contribution in [0, 0.1) is 6.92 Å². The van der Waals surface area contributed by atoms with Crippen LogP contribution in [-0.4, -0.2) is 15.5 Å². The molecule has 0 saturated carbocycles. The van der Waals surface area contributed by atoms with Crippen LogP contribution in [-0.2, 0) is 0 Å². The molecule has 0 fully saturated rings. The molecule has 16 heavy (non-hydrogen) atoms. The lowest BCUT2D eigenvalue weighted by Gasteiger charge is -2.05. The van der Waals surface area contributed by atoms with Crippen molar-refractivity contribution in [2.75, 3.05) is 12.5 Å². The molecule has 1 aromatic heterocycles. The summed E-state index contributed by atoms with van der Waals surface area (Å²) in [4.78, 5) is 0. The summed E-state index contributed by atoms with van der Waals surface area (Å²) in [5.74, 6) is 1.95. The maximum atomic E-state index is 5.75. The Morgan fingerprint density at radius 3 is 2.69 bits per heavy atom. The van der Waals surface area contributed by atoms with E-state index in [0.29, 0.717) is 11.5 Å². The fourth-order valence-electron chi connectivity index (χ4n) is 1.68. The molecule has 2 aromatic rings. The third kappa shape index (κ3) is 1.30. The summed E-state index contributed by atoms with van der Waals surface area (Å²) in [6.07, 6.45) is 0. The predicted molar refractivity (Wildman–Crippen MR) is 60.6 cm³/mol. The smallest absolute Gasteiger partial charge is 0.231 e. The van der Waals surface area contributed by atoms with E-state index in [9.17, 15) is 0 Å². The predicted octanol–water partition coefficient (Wildman–Crippen LogP) is 1.82. The molecule has 0 bridgehead atoms. The van der Waals surface area contributed by atoms with Crippen LogP contribution in [0.4, 0.5) is 5.82 Å². The van der Waals surface area contributed by atoms with Crippen molar-refractivity contribution in [3.63, 3.8) is 0 Å². The van der Waals surface area contributed by atoms with E-state index < -0.39 is 0 Å². The van der Waals surface area contributed by atoms with E-state index in [2.05, 4.69) is 8.75 Å². The van der Waals surface area contributed by atoms with Gasteiger partial charge in [0.2, 0.25) is 6.79 Å². The van der Waals surface area contributed by atoms with E-state index in [-0.39, 0.29) is 6.79 Å². The number of benzene rings is 1. The molecule has 0 radical (unpaired) electrons. The zero-order valence-corrected chi connectivity index (χ0v) is 9.37. The number of hydrogen-bond acceptors (Lipinski definition) is 6. The van der Waals surface area contributed by atoms with Crippen LogP contribution >= 0.6 is 11.7 Å². The number of nitrogen functional groups attached to an aromatic ring is 1. The summed E-state index contributed by atoms with van der Waals surface area (Å²) in [5.41, 5.74) is 8.45. The number of nitrogens with two attached hydrogens (primary N) is 1. The van der Waals surface area contributed by atoms with Gasteiger partial charge in [-0.1, -0.05) is 0 Å². The number of nitrogens with zero attached hydrogens (tertiary/aromatic N) is 2. The van der Waals surface area contributed by atoms with E-state index in [1.165, 1.54) is 0 Å². The largest absolute Gasteiger partial charge is 0.454 e. The van der Waals surface area contributed by atoms with E-state index in [1.54, 1.807) is 0 Å². The van der Waals surface area contributed by atoms with Crippen LogP contribution in [0.5, 0.6) is 11.5 Å². The second-order valence-corrected chi connectivity index (χ2v) is 4.05. The van der Waals surface area contributed by atoms with Crippen molar-refractivity contribution in [3.8, 4) is 22.8 Å². The summed E-state index contributed by atoms with van der Waals surface area (Å²) in [7, 11) is 0. The Bertz CT molecular complexity index is 553. The zero-order valence-electron chi connectivity index (χ0n) is 8.56. The molecule has 0 spiro atoms. The highest BCUT2D eigenvalue weighted by atomic mass is 32.1. The molecule has 2 heterocycles. The average Bonchev–Trinajstić information content (AvgIpc) is 2.85. The Kier molecular flexibility index (Phi) is 1.97. The minimum Gasteiger partial charge on any atom is -0.454 e. The summed E-state index contributed by atoms with van der Waals surface area (Å²) in [6.45, 7) is 2.25. The SMILES string of the molecule is Cc1cc2c(cc1-c1nsnc1N)OCO2. The van der Waals surface area contributed by atoms with Gasteiger partial charge in [-0.25, -0.2) is 0 Å². The van der Waals surface area contributed by atoms with Crippen molar-refractivity contribution in [1.82, 2.24) is 8.75 Å². The first kappa shape index (κ1) is 9.41. The van der Waals surface area contributed by atoms with E-state index >= 15 is 0 Å². The Morgan fingerprint density at radius 2 is 2.00 bits per heavy atom. The molecule has 1 aliphatic heterocycles. The molecule has 0 unspecified atom stereocenters. The lowest BCUT2D eigenvalue weighted by atomic mass is 10.0. The van der Waals surface area contributed by atoms with Gasteiger partial charge in [-0.3, -0.25) is 0 Å². The molecule has 0 saturated heterocycles. The Hall–Kier alpha value is -1.82. The molecular weight excluding hydrogens is 226 g/mol. The van der Waals surface area contributed by atoms with Gasteiger partial charge in [-0.15, -0.1) is 0 Å². The van der Waals surface area contributed by atoms with E-state index in [1.807, 2.05) is 19.1 Å². The van der Waals surface area contributed by atoms with Gasteiger partial charge in [0.05, 0.1) is 11.7 Å². The Balaban J connectivity index is 2.18. The number of rotatable bonds is 1. The number of aryl methyl sites for hydroxylation is 1. The number of anilines is 1. The molecule has 1 aliphatic rings. The van der Waals surface area contributed by atoms with Crippen LogP contribution < -0.4 is 15.2 Å². The monoisotopic (exact) mass is 235 g/mol. The Morgan fingerprint density at radius 1 is 1.25 bits per heavy atom. The maximum Gasteiger partial charge on any atom is 0.231 e. The molecule has 5 nitrogen and oxygen atoms in total. The molecule has 2 N–H and O–H groups in total. The van der Waals surface area contributed by atoms with Crippen molar-refractivity contribution in [2.45, 2.75) is 6.92 Å². The summed E-state index contributed by atoms with van der Waals surface area (Å²) >= 11 is 1.11. The third-order valence-electron chi connectivity index (χ3n) is 2.49. The van der Waals surface area contributed by atoms with Gasteiger partial charge in [0, 0.05) is 5.56 Å². The van der Waals surface area contributed by atoms with Crippen molar-refractivity contribution in [2.24, 2.45) is 0 Å². The summed E-state index contributed by atoms with van der Waals surface area (Å²) in [5, 5.41) is 0. The third-order valence-corrected chi connectivity index (χ3v) is 3.03. The van der Waals surface area contributed by atoms with Crippen LogP contribution in [0.1, 0.15) is 5.56 Å². The number of aromatic nitrogens is 2. The lowest BCUT2D eigenvalue weighted by molar-refractivity contribution is 0.174. The fraction of sp³-hybridized carbons (Fsp3) is 0.200. The molecule has 3 rings (SSSR count). The van der Waals surface area contributed by atoms with Crippen LogP contribution in [0.2, 0.25) is 0 Å². The number of fused-ring (bicyclic) bond motifs is 1. The van der Waals surface area contributed by atoms with Gasteiger partial charge in [0.1, 0.15) is 5.69 Å². The molecular formula is C10H9N3O2S. The van der Waals surface area contributed by atoms with Crippen molar-refractivity contribution in [3.05, 3.63) is 17.7 Å². The highest BCUT2D eigenvalue weighted by Gasteiger charge is 2.18. The van der Waals surface area contributed by atoms with Gasteiger partial charge in [0.25, 0.3) is 0 Å². The van der Waals surface area contributed by atoms with Crippen molar-refractivity contribution in [1.29, 1.82) is 0 Å². The van der Waals surface area contributed by atoms with E-state index in [0.717, 1.165) is 34.4 Å². The van der Waals surface area contributed by atoms with Crippen LogP contribution in [0.3, 0.4) is 0 Å². The first-order valence-electron chi connectivity index (χ1n) is 4.74. The van der Waals surface area contributed by atoms with Gasteiger partial charge < -0.3 is 15.2 Å². The van der Waals surface area contributed by atoms with Gasteiger partial charge in [-0.05, 0) is 24.6 Å². The van der Waals surface area contributed by atoms with Crippen molar-refractivity contribution < 1.29 is 9.47 Å². The van der Waals surface area contributed by atoms with E-state index in [4.69, 9.17) is 15.2 Å². The quantitative estimate of drug-likeness (QED) is 0.816. The van der Waals surface area contributed by atoms with Crippen LogP contribution in [0.25, 0.3) is 11.3 Å². The first-order valence-corrected chi connectivity index (χ1v) is 5.47. The average molecular weight is 235 g/mol.